The van der Waals surface area contributed by atoms with Gasteiger partial charge in [-0.3, -0.25) is 14.9 Å². The molecule has 2 atom stereocenters. The first-order chi connectivity index (χ1) is 9.82. The van der Waals surface area contributed by atoms with Gasteiger partial charge in [0.15, 0.2) is 0 Å². The van der Waals surface area contributed by atoms with Gasteiger partial charge in [-0.2, -0.15) is 0 Å². The highest BCUT2D eigenvalue weighted by Crippen LogP contribution is 2.32. The Hall–Kier alpha value is -1.86. The Labute approximate surface area is 126 Å². The number of nitro benzene ring substituents is 1. The van der Waals surface area contributed by atoms with Crippen molar-refractivity contribution in [3.05, 3.63) is 33.3 Å². The Balaban J connectivity index is 2.10. The summed E-state index contributed by atoms with van der Waals surface area (Å²) in [5, 5.41) is 10.7. The number of primary amides is 1. The van der Waals surface area contributed by atoms with Crippen molar-refractivity contribution in [2.24, 2.45) is 11.5 Å². The van der Waals surface area contributed by atoms with Gasteiger partial charge in [0, 0.05) is 18.6 Å². The highest BCUT2D eigenvalue weighted by molar-refractivity contribution is 6.32. The van der Waals surface area contributed by atoms with E-state index in [4.69, 9.17) is 27.8 Å². The quantitative estimate of drug-likeness (QED) is 0.647. The first kappa shape index (κ1) is 15.5. The van der Waals surface area contributed by atoms with Gasteiger partial charge >= 0.3 is 0 Å². The van der Waals surface area contributed by atoms with E-state index in [9.17, 15) is 14.9 Å². The maximum atomic E-state index is 11.4. The molecule has 0 aromatic heterocycles. The maximum absolute atomic E-state index is 11.4. The summed E-state index contributed by atoms with van der Waals surface area (Å²) in [6, 6.07) is 4.14. The van der Waals surface area contributed by atoms with Gasteiger partial charge < -0.3 is 16.2 Å². The molecule has 0 bridgehead atoms. The summed E-state index contributed by atoms with van der Waals surface area (Å²) < 4.78 is 5.72. The summed E-state index contributed by atoms with van der Waals surface area (Å²) in [5.41, 5.74) is 10.0. The third kappa shape index (κ3) is 3.43. The van der Waals surface area contributed by atoms with E-state index in [-0.39, 0.29) is 16.8 Å². The van der Waals surface area contributed by atoms with Gasteiger partial charge in [-0.05, 0) is 25.3 Å². The lowest BCUT2D eigenvalue weighted by atomic mass is 9.80. The van der Waals surface area contributed by atoms with Crippen LogP contribution in [0.25, 0.3) is 0 Å². The van der Waals surface area contributed by atoms with Crippen LogP contribution in [0.15, 0.2) is 18.2 Å². The number of carbonyl (C=O) groups excluding carboxylic acids is 1. The zero-order valence-corrected chi connectivity index (χ0v) is 12.0. The van der Waals surface area contributed by atoms with E-state index in [0.717, 1.165) is 12.8 Å². The minimum atomic E-state index is -1.06. The number of hydrogen-bond donors (Lipinski definition) is 2. The molecule has 1 aromatic rings. The molecule has 2 rings (SSSR count). The minimum absolute atomic E-state index is 0.00206. The van der Waals surface area contributed by atoms with Crippen LogP contribution in [0.5, 0.6) is 5.75 Å². The first-order valence-electron chi connectivity index (χ1n) is 6.51. The predicted molar refractivity (Wildman–Crippen MR) is 77.1 cm³/mol. The number of nitrogens with zero attached hydrogens (tertiary/aromatic N) is 1. The Morgan fingerprint density at radius 1 is 1.52 bits per heavy atom. The summed E-state index contributed by atoms with van der Waals surface area (Å²) in [4.78, 5) is 21.5. The number of rotatable bonds is 4. The average molecular weight is 314 g/mol. The molecule has 1 aromatic carbocycles. The van der Waals surface area contributed by atoms with Gasteiger partial charge in [0.25, 0.3) is 5.69 Å². The average Bonchev–Trinajstić information content (AvgIpc) is 2.38. The number of ether oxygens (including phenoxy) is 1. The number of amides is 1. The lowest BCUT2D eigenvalue weighted by molar-refractivity contribution is -0.384. The van der Waals surface area contributed by atoms with Crippen LogP contribution < -0.4 is 16.2 Å². The number of halogens is 1. The second-order valence-electron chi connectivity index (χ2n) is 5.23. The molecule has 114 valence electrons. The van der Waals surface area contributed by atoms with Crippen LogP contribution in [-0.2, 0) is 4.79 Å². The van der Waals surface area contributed by atoms with Crippen LogP contribution in [0, 0.1) is 10.1 Å². The van der Waals surface area contributed by atoms with Crippen molar-refractivity contribution < 1.29 is 14.5 Å². The smallest absolute Gasteiger partial charge is 0.288 e. The number of hydrogen-bond acceptors (Lipinski definition) is 5. The molecular formula is C13H16ClN3O4. The number of nitro groups is 1. The molecule has 0 spiro atoms. The molecule has 1 aliphatic carbocycles. The number of benzene rings is 1. The van der Waals surface area contributed by atoms with Crippen LogP contribution >= 0.6 is 11.6 Å². The van der Waals surface area contributed by atoms with Crippen molar-refractivity contribution in [3.63, 3.8) is 0 Å². The summed E-state index contributed by atoms with van der Waals surface area (Å²) >= 11 is 5.83. The Morgan fingerprint density at radius 3 is 2.81 bits per heavy atom. The monoisotopic (exact) mass is 313 g/mol. The molecule has 1 saturated carbocycles. The Kier molecular flexibility index (Phi) is 4.34. The summed E-state index contributed by atoms with van der Waals surface area (Å²) in [6.07, 6.45) is 2.04. The second kappa shape index (κ2) is 5.87. The van der Waals surface area contributed by atoms with Gasteiger partial charge in [0.1, 0.15) is 16.9 Å². The molecule has 1 fully saturated rings. The fourth-order valence-corrected chi connectivity index (χ4v) is 2.72. The van der Waals surface area contributed by atoms with Crippen LogP contribution in [0.1, 0.15) is 25.7 Å². The lowest BCUT2D eigenvalue weighted by Gasteiger charge is -2.35. The Bertz CT molecular complexity index is 581. The predicted octanol–water partition coefficient (Wildman–Crippen LogP) is 1.75. The highest BCUT2D eigenvalue weighted by Gasteiger charge is 2.38. The van der Waals surface area contributed by atoms with Crippen molar-refractivity contribution in [1.29, 1.82) is 0 Å². The third-order valence-corrected chi connectivity index (χ3v) is 3.95. The van der Waals surface area contributed by atoms with Gasteiger partial charge in [-0.15, -0.1) is 0 Å². The van der Waals surface area contributed by atoms with Gasteiger partial charge in [-0.1, -0.05) is 11.6 Å². The molecule has 0 heterocycles. The van der Waals surface area contributed by atoms with E-state index in [1.54, 1.807) is 0 Å². The maximum Gasteiger partial charge on any atom is 0.288 e. The van der Waals surface area contributed by atoms with E-state index in [1.807, 2.05) is 0 Å². The Morgan fingerprint density at radius 2 is 2.24 bits per heavy atom. The number of nitrogens with two attached hydrogens (primary N) is 2. The first-order valence-corrected chi connectivity index (χ1v) is 6.89. The summed E-state index contributed by atoms with van der Waals surface area (Å²) in [5.74, 6) is -0.137. The van der Waals surface area contributed by atoms with E-state index in [1.165, 1.54) is 18.2 Å². The molecule has 0 saturated heterocycles. The van der Waals surface area contributed by atoms with Crippen LogP contribution in [-0.4, -0.2) is 22.5 Å². The molecule has 0 radical (unpaired) electrons. The van der Waals surface area contributed by atoms with E-state index < -0.39 is 16.4 Å². The summed E-state index contributed by atoms with van der Waals surface area (Å²) in [7, 11) is 0. The van der Waals surface area contributed by atoms with Crippen molar-refractivity contribution >= 4 is 23.2 Å². The van der Waals surface area contributed by atoms with Gasteiger partial charge in [0.2, 0.25) is 5.91 Å². The molecule has 4 N–H and O–H groups in total. The molecule has 2 unspecified atom stereocenters. The molecule has 1 aliphatic rings. The molecule has 21 heavy (non-hydrogen) atoms. The van der Waals surface area contributed by atoms with Crippen molar-refractivity contribution in [3.8, 4) is 5.75 Å². The van der Waals surface area contributed by atoms with Crippen LogP contribution in [0.4, 0.5) is 5.69 Å². The lowest BCUT2D eigenvalue weighted by Crippen LogP contribution is -2.56. The SMILES string of the molecule is NC(=O)C1(N)CCCC(Oc2ccc([N+](=O)[O-])c(Cl)c2)C1. The van der Waals surface area contributed by atoms with E-state index in [2.05, 4.69) is 0 Å². The molecule has 1 amide bonds. The molecule has 7 nitrogen and oxygen atoms in total. The summed E-state index contributed by atoms with van der Waals surface area (Å²) in [6.45, 7) is 0. The zero-order chi connectivity index (χ0) is 15.6. The molecule has 0 aliphatic heterocycles. The molecule has 8 heteroatoms. The fraction of sp³-hybridized carbons (Fsp3) is 0.462. The van der Waals surface area contributed by atoms with Gasteiger partial charge in [-0.25, -0.2) is 0 Å². The highest BCUT2D eigenvalue weighted by atomic mass is 35.5. The topological polar surface area (TPSA) is 121 Å². The van der Waals surface area contributed by atoms with Gasteiger partial charge in [0.05, 0.1) is 10.5 Å². The molecular weight excluding hydrogens is 298 g/mol. The third-order valence-electron chi connectivity index (χ3n) is 3.65. The van der Waals surface area contributed by atoms with E-state index in [0.29, 0.717) is 18.6 Å². The number of carbonyl (C=O) groups is 1. The zero-order valence-electron chi connectivity index (χ0n) is 11.3. The minimum Gasteiger partial charge on any atom is -0.490 e. The van der Waals surface area contributed by atoms with Crippen LogP contribution in [0.2, 0.25) is 5.02 Å². The standard InChI is InChI=1S/C13H16ClN3O4/c14-10-6-8(3-4-11(10)17(19)20)21-9-2-1-5-13(16,7-9)12(15)18/h3-4,6,9H,1-2,5,7,16H2,(H2,15,18). The van der Waals surface area contributed by atoms with Crippen molar-refractivity contribution in [1.82, 2.24) is 0 Å². The largest absolute Gasteiger partial charge is 0.490 e. The van der Waals surface area contributed by atoms with E-state index >= 15 is 0 Å². The van der Waals surface area contributed by atoms with Crippen LogP contribution in [0.3, 0.4) is 0 Å². The fourth-order valence-electron chi connectivity index (χ4n) is 2.48. The van der Waals surface area contributed by atoms with Crippen molar-refractivity contribution in [2.75, 3.05) is 0 Å². The second-order valence-corrected chi connectivity index (χ2v) is 5.63. The normalized spacial score (nSPS) is 25.3. The van der Waals surface area contributed by atoms with Crippen molar-refractivity contribution in [2.45, 2.75) is 37.3 Å².